The second kappa shape index (κ2) is 6.18. The summed E-state index contributed by atoms with van der Waals surface area (Å²) in [5.41, 5.74) is 1.84. The first-order valence-corrected chi connectivity index (χ1v) is 7.38. The minimum absolute atomic E-state index is 0.0268. The average molecular weight is 291 g/mol. The third kappa shape index (κ3) is 3.67. The van der Waals surface area contributed by atoms with Gasteiger partial charge < -0.3 is 5.32 Å². The van der Waals surface area contributed by atoms with Gasteiger partial charge in [0.05, 0.1) is 12.5 Å². The Bertz CT molecular complexity index is 621. The van der Waals surface area contributed by atoms with Crippen molar-refractivity contribution >= 4 is 17.2 Å². The zero-order valence-electron chi connectivity index (χ0n) is 11.9. The van der Waals surface area contributed by atoms with Gasteiger partial charge >= 0.3 is 0 Å². The summed E-state index contributed by atoms with van der Waals surface area (Å²) in [5.74, 6) is -0.404. The smallest absolute Gasteiger partial charge is 0.224 e. The van der Waals surface area contributed by atoms with Crippen LogP contribution in [0.4, 0.5) is 4.39 Å². The molecule has 0 aliphatic heterocycles. The van der Waals surface area contributed by atoms with Gasteiger partial charge in [0.1, 0.15) is 5.82 Å². The minimum Gasteiger partial charge on any atom is -0.349 e. The Hall–Kier alpha value is -1.68. The predicted octanol–water partition coefficient (Wildman–Crippen LogP) is 3.92. The van der Waals surface area contributed by atoms with Crippen LogP contribution in [-0.2, 0) is 11.2 Å². The molecule has 0 radical (unpaired) electrons. The third-order valence-corrected chi connectivity index (χ3v) is 4.16. The van der Waals surface area contributed by atoms with Crippen molar-refractivity contribution < 1.29 is 9.18 Å². The van der Waals surface area contributed by atoms with Crippen molar-refractivity contribution in [1.82, 2.24) is 5.32 Å². The SMILES string of the molecule is Cc1cc(C(C)NC(=O)Cc2cccc(F)c2)c(C)s1. The van der Waals surface area contributed by atoms with E-state index in [-0.39, 0.29) is 24.2 Å². The molecule has 0 bridgehead atoms. The number of hydrogen-bond acceptors (Lipinski definition) is 2. The number of nitrogens with one attached hydrogen (secondary N) is 1. The molecule has 1 heterocycles. The van der Waals surface area contributed by atoms with Gasteiger partial charge in [-0.2, -0.15) is 0 Å². The van der Waals surface area contributed by atoms with Gasteiger partial charge in [-0.25, -0.2) is 4.39 Å². The number of rotatable bonds is 4. The van der Waals surface area contributed by atoms with E-state index in [0.717, 1.165) is 5.56 Å². The van der Waals surface area contributed by atoms with Gasteiger partial charge in [-0.05, 0) is 50.1 Å². The predicted molar refractivity (Wildman–Crippen MR) is 80.5 cm³/mol. The van der Waals surface area contributed by atoms with E-state index in [4.69, 9.17) is 0 Å². The molecule has 2 nitrogen and oxygen atoms in total. The van der Waals surface area contributed by atoms with Crippen LogP contribution in [-0.4, -0.2) is 5.91 Å². The molecular formula is C16H18FNOS. The van der Waals surface area contributed by atoms with Gasteiger partial charge in [0, 0.05) is 9.75 Å². The number of benzene rings is 1. The lowest BCUT2D eigenvalue weighted by atomic mass is 10.1. The summed E-state index contributed by atoms with van der Waals surface area (Å²) in [4.78, 5) is 14.5. The summed E-state index contributed by atoms with van der Waals surface area (Å²) >= 11 is 1.73. The van der Waals surface area contributed by atoms with Gasteiger partial charge in [-0.15, -0.1) is 11.3 Å². The monoisotopic (exact) mass is 291 g/mol. The molecule has 1 atom stereocenters. The molecule has 2 rings (SSSR count). The highest BCUT2D eigenvalue weighted by molar-refractivity contribution is 7.12. The molecule has 1 aromatic heterocycles. The summed E-state index contributed by atoms with van der Waals surface area (Å²) in [5, 5.41) is 2.96. The van der Waals surface area contributed by atoms with Crippen LogP contribution in [0.1, 0.15) is 33.8 Å². The van der Waals surface area contributed by atoms with E-state index in [1.165, 1.54) is 21.9 Å². The maximum Gasteiger partial charge on any atom is 0.224 e. The molecule has 1 amide bonds. The van der Waals surface area contributed by atoms with E-state index in [0.29, 0.717) is 5.56 Å². The molecule has 106 valence electrons. The van der Waals surface area contributed by atoms with Crippen molar-refractivity contribution in [2.75, 3.05) is 0 Å². The highest BCUT2D eigenvalue weighted by atomic mass is 32.1. The second-order valence-electron chi connectivity index (χ2n) is 4.96. The first-order valence-electron chi connectivity index (χ1n) is 6.56. The molecule has 1 aromatic carbocycles. The number of carbonyl (C=O) groups excluding carboxylic acids is 1. The van der Waals surface area contributed by atoms with Gasteiger partial charge in [0.25, 0.3) is 0 Å². The Morgan fingerprint density at radius 3 is 2.70 bits per heavy atom. The summed E-state index contributed by atoms with van der Waals surface area (Å²) in [7, 11) is 0. The molecule has 0 saturated heterocycles. The number of thiophene rings is 1. The molecule has 1 unspecified atom stereocenters. The second-order valence-corrected chi connectivity index (χ2v) is 6.42. The molecule has 4 heteroatoms. The van der Waals surface area contributed by atoms with Gasteiger partial charge in [0.2, 0.25) is 5.91 Å². The number of hydrogen-bond donors (Lipinski definition) is 1. The quantitative estimate of drug-likeness (QED) is 0.908. The summed E-state index contributed by atoms with van der Waals surface area (Å²) < 4.78 is 13.1. The average Bonchev–Trinajstić information content (AvgIpc) is 2.68. The third-order valence-electron chi connectivity index (χ3n) is 3.18. The van der Waals surface area contributed by atoms with Gasteiger partial charge in [0.15, 0.2) is 0 Å². The fraction of sp³-hybridized carbons (Fsp3) is 0.312. The fourth-order valence-electron chi connectivity index (χ4n) is 2.28. The molecule has 0 aliphatic rings. The molecule has 1 N–H and O–H groups in total. The molecule has 20 heavy (non-hydrogen) atoms. The molecule has 2 aromatic rings. The summed E-state index contributed by atoms with van der Waals surface area (Å²) in [6.45, 7) is 6.09. The van der Waals surface area contributed by atoms with Crippen molar-refractivity contribution in [1.29, 1.82) is 0 Å². The lowest BCUT2D eigenvalue weighted by Crippen LogP contribution is -2.28. The lowest BCUT2D eigenvalue weighted by molar-refractivity contribution is -0.121. The topological polar surface area (TPSA) is 29.1 Å². The maximum atomic E-state index is 13.1. The van der Waals surface area contributed by atoms with Crippen LogP contribution in [0.5, 0.6) is 0 Å². The zero-order chi connectivity index (χ0) is 14.7. The zero-order valence-corrected chi connectivity index (χ0v) is 12.7. The Labute approximate surface area is 122 Å². The van der Waals surface area contributed by atoms with Gasteiger partial charge in [-0.1, -0.05) is 12.1 Å². The van der Waals surface area contributed by atoms with E-state index < -0.39 is 0 Å². The van der Waals surface area contributed by atoms with Crippen molar-refractivity contribution in [3.05, 3.63) is 57.0 Å². The van der Waals surface area contributed by atoms with Crippen molar-refractivity contribution in [2.24, 2.45) is 0 Å². The van der Waals surface area contributed by atoms with E-state index in [9.17, 15) is 9.18 Å². The number of halogens is 1. The molecule has 0 saturated carbocycles. The molecule has 0 fully saturated rings. The number of carbonyl (C=O) groups is 1. The van der Waals surface area contributed by atoms with Crippen LogP contribution in [0.15, 0.2) is 30.3 Å². The number of amides is 1. The van der Waals surface area contributed by atoms with Crippen LogP contribution in [0.25, 0.3) is 0 Å². The molecule has 0 aliphatic carbocycles. The first-order chi connectivity index (χ1) is 9.45. The summed E-state index contributed by atoms with van der Waals surface area (Å²) in [6.07, 6.45) is 0.199. The largest absolute Gasteiger partial charge is 0.349 e. The van der Waals surface area contributed by atoms with Gasteiger partial charge in [-0.3, -0.25) is 4.79 Å². The summed E-state index contributed by atoms with van der Waals surface area (Å²) in [6, 6.07) is 8.22. The van der Waals surface area contributed by atoms with Crippen LogP contribution < -0.4 is 5.32 Å². The Morgan fingerprint density at radius 1 is 1.35 bits per heavy atom. The lowest BCUT2D eigenvalue weighted by Gasteiger charge is -2.14. The van der Waals surface area contributed by atoms with Crippen molar-refractivity contribution in [2.45, 2.75) is 33.2 Å². The Balaban J connectivity index is 1.99. The van der Waals surface area contributed by atoms with E-state index in [2.05, 4.69) is 25.2 Å². The standard InChI is InChI=1S/C16H18FNOS/c1-10-7-15(12(3)20-10)11(2)18-16(19)9-13-5-4-6-14(17)8-13/h4-8,11H,9H2,1-3H3,(H,18,19). The highest BCUT2D eigenvalue weighted by Crippen LogP contribution is 2.26. The van der Waals surface area contributed by atoms with E-state index >= 15 is 0 Å². The Morgan fingerprint density at radius 2 is 2.10 bits per heavy atom. The highest BCUT2D eigenvalue weighted by Gasteiger charge is 2.14. The first kappa shape index (κ1) is 14.7. The van der Waals surface area contributed by atoms with Crippen molar-refractivity contribution in [3.8, 4) is 0 Å². The van der Waals surface area contributed by atoms with E-state index in [1.807, 2.05) is 6.92 Å². The molecule has 0 spiro atoms. The minimum atomic E-state index is -0.312. The normalized spacial score (nSPS) is 12.2. The van der Waals surface area contributed by atoms with Crippen LogP contribution in [0.2, 0.25) is 0 Å². The van der Waals surface area contributed by atoms with Crippen LogP contribution >= 0.6 is 11.3 Å². The maximum absolute atomic E-state index is 13.1. The van der Waals surface area contributed by atoms with Crippen LogP contribution in [0.3, 0.4) is 0 Å². The van der Waals surface area contributed by atoms with Crippen LogP contribution in [0, 0.1) is 19.7 Å². The van der Waals surface area contributed by atoms with Crippen molar-refractivity contribution in [3.63, 3.8) is 0 Å². The Kier molecular flexibility index (Phi) is 4.55. The number of aryl methyl sites for hydroxylation is 2. The van der Waals surface area contributed by atoms with E-state index in [1.54, 1.807) is 23.5 Å². The molecular weight excluding hydrogens is 273 g/mol. The fourth-order valence-corrected chi connectivity index (χ4v) is 3.31.